The number of aliphatic carboxylic acids is 1. The number of carboxylic acid groups (broad SMARTS) is 1. The molecule has 0 fully saturated rings. The number of para-hydroxylation sites is 1. The first-order chi connectivity index (χ1) is 9.49. The largest absolute Gasteiger partial charge is 0.507 e. The van der Waals surface area contributed by atoms with Gasteiger partial charge in [0, 0.05) is 10.6 Å². The molecule has 2 N–H and O–H groups in total. The van der Waals surface area contributed by atoms with Crippen LogP contribution in [0.15, 0.2) is 42.5 Å². The van der Waals surface area contributed by atoms with E-state index < -0.39 is 5.97 Å². The van der Waals surface area contributed by atoms with Gasteiger partial charge < -0.3 is 10.2 Å². The maximum absolute atomic E-state index is 11.4. The molecule has 0 saturated carbocycles. The Morgan fingerprint density at radius 2 is 1.90 bits per heavy atom. The number of rotatable bonds is 3. The predicted molar refractivity (Wildman–Crippen MR) is 79.8 cm³/mol. The smallest absolute Gasteiger partial charge is 0.336 e. The predicted octanol–water partition coefficient (Wildman–Crippen LogP) is 3.98. The summed E-state index contributed by atoms with van der Waals surface area (Å²) < 4.78 is 0. The van der Waals surface area contributed by atoms with Gasteiger partial charge in [-0.15, -0.1) is 0 Å². The maximum atomic E-state index is 11.4. The van der Waals surface area contributed by atoms with Crippen molar-refractivity contribution in [3.8, 4) is 5.75 Å². The average molecular weight is 289 g/mol. The lowest BCUT2D eigenvalue weighted by Gasteiger charge is -2.06. The Bertz CT molecular complexity index is 690. The van der Waals surface area contributed by atoms with Gasteiger partial charge in [-0.1, -0.05) is 41.9 Å². The molecule has 0 heterocycles. The number of phenols is 1. The summed E-state index contributed by atoms with van der Waals surface area (Å²) in [4.78, 5) is 11.4. The third-order valence-electron chi connectivity index (χ3n) is 2.95. The molecule has 2 aromatic rings. The van der Waals surface area contributed by atoms with Crippen molar-refractivity contribution < 1.29 is 15.0 Å². The molecule has 2 rings (SSSR count). The van der Waals surface area contributed by atoms with E-state index in [9.17, 15) is 15.0 Å². The average Bonchev–Trinajstić information content (AvgIpc) is 2.41. The normalized spacial score (nSPS) is 11.4. The molecule has 0 bridgehead atoms. The minimum atomic E-state index is -1.08. The summed E-state index contributed by atoms with van der Waals surface area (Å²) in [6.07, 6.45) is 1.43. The molecule has 0 aromatic heterocycles. The van der Waals surface area contributed by atoms with Crippen LogP contribution in [-0.4, -0.2) is 16.2 Å². The van der Waals surface area contributed by atoms with Crippen LogP contribution in [0.5, 0.6) is 5.75 Å². The molecule has 0 radical (unpaired) electrons. The van der Waals surface area contributed by atoms with E-state index in [1.54, 1.807) is 36.4 Å². The summed E-state index contributed by atoms with van der Waals surface area (Å²) in [6.45, 7) is 1.85. The van der Waals surface area contributed by atoms with Crippen LogP contribution in [0.25, 0.3) is 11.6 Å². The molecule has 0 unspecified atom stereocenters. The molecule has 3 nitrogen and oxygen atoms in total. The first-order valence-corrected chi connectivity index (χ1v) is 6.36. The number of hydrogen-bond donors (Lipinski definition) is 2. The van der Waals surface area contributed by atoms with Gasteiger partial charge in [0.25, 0.3) is 0 Å². The third kappa shape index (κ3) is 3.00. The summed E-state index contributed by atoms with van der Waals surface area (Å²) in [7, 11) is 0. The Morgan fingerprint density at radius 1 is 1.20 bits per heavy atom. The Morgan fingerprint density at radius 3 is 2.50 bits per heavy atom. The van der Waals surface area contributed by atoms with Crippen LogP contribution in [0.4, 0.5) is 0 Å². The summed E-state index contributed by atoms with van der Waals surface area (Å²) >= 11 is 6.03. The summed E-state index contributed by atoms with van der Waals surface area (Å²) in [5.74, 6) is -1.04. The van der Waals surface area contributed by atoms with Crippen molar-refractivity contribution in [3.05, 3.63) is 64.2 Å². The van der Waals surface area contributed by atoms with Gasteiger partial charge in [-0.25, -0.2) is 4.79 Å². The number of aryl methyl sites for hydroxylation is 1. The van der Waals surface area contributed by atoms with Crippen molar-refractivity contribution >= 4 is 29.2 Å². The second-order valence-electron chi connectivity index (χ2n) is 4.39. The van der Waals surface area contributed by atoms with Crippen LogP contribution in [0.1, 0.15) is 16.7 Å². The van der Waals surface area contributed by atoms with Crippen molar-refractivity contribution in [1.29, 1.82) is 0 Å². The molecule has 0 aliphatic carbocycles. The van der Waals surface area contributed by atoms with Crippen molar-refractivity contribution in [2.45, 2.75) is 6.92 Å². The highest BCUT2D eigenvalue weighted by atomic mass is 35.5. The second-order valence-corrected chi connectivity index (χ2v) is 4.79. The van der Waals surface area contributed by atoms with E-state index in [2.05, 4.69) is 0 Å². The third-order valence-corrected chi connectivity index (χ3v) is 3.36. The lowest BCUT2D eigenvalue weighted by Crippen LogP contribution is -2.00. The number of hydrogen-bond acceptors (Lipinski definition) is 2. The van der Waals surface area contributed by atoms with Crippen LogP contribution < -0.4 is 0 Å². The van der Waals surface area contributed by atoms with E-state index in [1.165, 1.54) is 12.1 Å². The molecule has 0 aliphatic rings. The fourth-order valence-corrected chi connectivity index (χ4v) is 1.97. The summed E-state index contributed by atoms with van der Waals surface area (Å²) in [5.41, 5.74) is 1.90. The molecule has 102 valence electrons. The number of carbonyl (C=O) groups is 1. The monoisotopic (exact) mass is 288 g/mol. The van der Waals surface area contributed by atoms with E-state index in [0.717, 1.165) is 5.56 Å². The minimum Gasteiger partial charge on any atom is -0.507 e. The molecule has 20 heavy (non-hydrogen) atoms. The first kappa shape index (κ1) is 14.2. The zero-order chi connectivity index (χ0) is 14.7. The number of halogens is 1. The van der Waals surface area contributed by atoms with Gasteiger partial charge in [0.2, 0.25) is 0 Å². The van der Waals surface area contributed by atoms with Crippen molar-refractivity contribution in [2.24, 2.45) is 0 Å². The van der Waals surface area contributed by atoms with Gasteiger partial charge in [0.05, 0.1) is 5.57 Å². The number of carboxylic acids is 1. The van der Waals surface area contributed by atoms with E-state index in [4.69, 9.17) is 11.6 Å². The van der Waals surface area contributed by atoms with Crippen molar-refractivity contribution in [3.63, 3.8) is 0 Å². The van der Waals surface area contributed by atoms with Gasteiger partial charge in [0.1, 0.15) is 5.75 Å². The highest BCUT2D eigenvalue weighted by Crippen LogP contribution is 2.26. The van der Waals surface area contributed by atoms with Crippen molar-refractivity contribution in [1.82, 2.24) is 0 Å². The van der Waals surface area contributed by atoms with Gasteiger partial charge in [-0.2, -0.15) is 0 Å². The molecular formula is C16H13ClO3. The van der Waals surface area contributed by atoms with Crippen LogP contribution in [0.2, 0.25) is 5.02 Å². The fraction of sp³-hybridized carbons (Fsp3) is 0.0625. The highest BCUT2D eigenvalue weighted by Gasteiger charge is 2.12. The minimum absolute atomic E-state index is 0.0319. The molecule has 0 aliphatic heterocycles. The van der Waals surface area contributed by atoms with E-state index in [0.29, 0.717) is 16.1 Å². The van der Waals surface area contributed by atoms with Crippen molar-refractivity contribution in [2.75, 3.05) is 0 Å². The van der Waals surface area contributed by atoms with Crippen LogP contribution in [0, 0.1) is 6.92 Å². The van der Waals surface area contributed by atoms with Gasteiger partial charge in [-0.05, 0) is 36.3 Å². The Labute approximate surface area is 121 Å². The molecule has 2 aromatic carbocycles. The van der Waals surface area contributed by atoms with Gasteiger partial charge in [-0.3, -0.25) is 0 Å². The topological polar surface area (TPSA) is 57.5 Å². The highest BCUT2D eigenvalue weighted by molar-refractivity contribution is 6.32. The number of phenolic OH excluding ortho intramolecular Hbond substituents is 1. The SMILES string of the molecule is Cc1ccc(/C(=C/c2ccccc2O)C(=O)O)cc1Cl. The molecular weight excluding hydrogens is 276 g/mol. The van der Waals surface area contributed by atoms with Gasteiger partial charge in [0.15, 0.2) is 0 Å². The Balaban J connectivity index is 2.54. The summed E-state index contributed by atoms with van der Waals surface area (Å²) in [6, 6.07) is 11.6. The number of benzene rings is 2. The van der Waals surface area contributed by atoms with E-state index in [-0.39, 0.29) is 11.3 Å². The summed E-state index contributed by atoms with van der Waals surface area (Å²) in [5, 5.41) is 19.6. The molecule has 4 heteroatoms. The fourth-order valence-electron chi connectivity index (χ4n) is 1.79. The van der Waals surface area contributed by atoms with E-state index >= 15 is 0 Å². The second kappa shape index (κ2) is 5.80. The van der Waals surface area contributed by atoms with Crippen LogP contribution in [-0.2, 0) is 4.79 Å². The number of aromatic hydroxyl groups is 1. The quantitative estimate of drug-likeness (QED) is 0.663. The van der Waals surface area contributed by atoms with Crippen LogP contribution >= 0.6 is 11.6 Å². The standard InChI is InChI=1S/C16H13ClO3/c1-10-6-7-11(9-14(10)17)13(16(19)20)8-12-4-2-3-5-15(12)18/h2-9,18H,1H3,(H,19,20)/b13-8-. The van der Waals surface area contributed by atoms with E-state index in [1.807, 2.05) is 6.92 Å². The molecule has 0 amide bonds. The Hall–Kier alpha value is -2.26. The molecule has 0 saturated heterocycles. The lowest BCUT2D eigenvalue weighted by atomic mass is 10.0. The molecule has 0 atom stereocenters. The van der Waals surface area contributed by atoms with Crippen LogP contribution in [0.3, 0.4) is 0 Å². The lowest BCUT2D eigenvalue weighted by molar-refractivity contribution is -0.130. The first-order valence-electron chi connectivity index (χ1n) is 5.98. The maximum Gasteiger partial charge on any atom is 0.336 e. The van der Waals surface area contributed by atoms with Gasteiger partial charge >= 0.3 is 5.97 Å². The molecule has 0 spiro atoms. The zero-order valence-corrected chi connectivity index (χ0v) is 11.6. The Kier molecular flexibility index (Phi) is 4.11. The zero-order valence-electron chi connectivity index (χ0n) is 10.8.